The summed E-state index contributed by atoms with van der Waals surface area (Å²) in [5.74, 6) is -0.261. The highest BCUT2D eigenvalue weighted by Crippen LogP contribution is 2.36. The molecular formula is C55H57N9O6S. The number of carboxylic acid groups (broad SMARTS) is 1. The van der Waals surface area contributed by atoms with Crippen LogP contribution in [0.4, 0.5) is 16.6 Å². The highest BCUT2D eigenvalue weighted by Gasteiger charge is 2.32. The number of amides is 3. The highest BCUT2D eigenvalue weighted by atomic mass is 32.1. The molecule has 3 fully saturated rings. The number of nitrogens with zero attached hydrogens (tertiary/aromatic N) is 7. The number of piperazine rings is 1. The molecule has 3 amide bonds. The van der Waals surface area contributed by atoms with E-state index in [4.69, 9.17) is 14.8 Å². The number of hydrogen-bond donors (Lipinski definition) is 3. The van der Waals surface area contributed by atoms with Crippen molar-refractivity contribution in [2.45, 2.75) is 76.4 Å². The number of fused-ring (bicyclic) bond motifs is 3. The normalized spacial score (nSPS) is 19.7. The zero-order valence-corrected chi connectivity index (χ0v) is 40.6. The maximum absolute atomic E-state index is 13.6. The van der Waals surface area contributed by atoms with E-state index in [-0.39, 0.29) is 29.5 Å². The van der Waals surface area contributed by atoms with Crippen molar-refractivity contribution >= 4 is 72.8 Å². The summed E-state index contributed by atoms with van der Waals surface area (Å²) in [5.41, 5.74) is 7.53. The third kappa shape index (κ3) is 9.82. The first-order chi connectivity index (χ1) is 34.6. The number of carboxylic acids is 1. The molecule has 6 heterocycles. The van der Waals surface area contributed by atoms with Crippen molar-refractivity contribution in [2.24, 2.45) is 13.0 Å². The van der Waals surface area contributed by atoms with E-state index in [0.717, 1.165) is 108 Å². The van der Waals surface area contributed by atoms with Gasteiger partial charge in [-0.05, 0) is 141 Å². The minimum absolute atomic E-state index is 0.0270. The van der Waals surface area contributed by atoms with Crippen LogP contribution >= 0.6 is 11.3 Å². The summed E-state index contributed by atoms with van der Waals surface area (Å²) < 4.78 is 9.41. The van der Waals surface area contributed by atoms with Gasteiger partial charge in [-0.3, -0.25) is 34.6 Å². The van der Waals surface area contributed by atoms with Crippen molar-refractivity contribution in [1.29, 1.82) is 0 Å². The number of para-hydroxylation sites is 1. The van der Waals surface area contributed by atoms with Gasteiger partial charge in [-0.1, -0.05) is 47.7 Å². The zero-order chi connectivity index (χ0) is 48.6. The quantitative estimate of drug-likeness (QED) is 0.0939. The summed E-state index contributed by atoms with van der Waals surface area (Å²) in [6, 6.07) is 31.4. The van der Waals surface area contributed by atoms with Crippen LogP contribution in [0.2, 0.25) is 0 Å². The number of ether oxygens (including phenoxy) is 1. The number of thiazole rings is 1. The van der Waals surface area contributed by atoms with Gasteiger partial charge < -0.3 is 19.6 Å². The van der Waals surface area contributed by atoms with Gasteiger partial charge in [0.15, 0.2) is 10.8 Å². The molecule has 1 unspecified atom stereocenters. The Hall–Kier alpha value is -7.17. The number of pyridine rings is 1. The lowest BCUT2D eigenvalue weighted by Crippen LogP contribution is -2.46. The fourth-order valence-electron chi connectivity index (χ4n) is 11.1. The summed E-state index contributed by atoms with van der Waals surface area (Å²) in [5, 5.41) is 22.1. The van der Waals surface area contributed by atoms with Crippen molar-refractivity contribution in [2.75, 3.05) is 54.4 Å². The Bertz CT molecular complexity index is 3140. The minimum Gasteiger partial charge on any atom is -0.490 e. The summed E-state index contributed by atoms with van der Waals surface area (Å²) in [7, 11) is 1.92. The van der Waals surface area contributed by atoms with E-state index >= 15 is 0 Å². The first-order valence-corrected chi connectivity index (χ1v) is 25.7. The minimum atomic E-state index is -1.11. The Kier molecular flexibility index (Phi) is 13.0. The average Bonchev–Trinajstić information content (AvgIpc) is 3.95. The number of rotatable bonds is 13. The molecule has 4 aromatic carbocycles. The van der Waals surface area contributed by atoms with Gasteiger partial charge in [0.1, 0.15) is 11.6 Å². The Morgan fingerprint density at radius 3 is 2.49 bits per heavy atom. The van der Waals surface area contributed by atoms with E-state index in [1.54, 1.807) is 0 Å². The lowest BCUT2D eigenvalue weighted by Gasteiger charge is -2.36. The second-order valence-corrected chi connectivity index (χ2v) is 20.4. The second-order valence-electron chi connectivity index (χ2n) is 19.4. The number of aryl methyl sites for hydroxylation is 1. The molecule has 15 nitrogen and oxygen atoms in total. The van der Waals surface area contributed by atoms with Crippen LogP contribution in [-0.4, -0.2) is 98.8 Å². The molecule has 1 aliphatic carbocycles. The number of carbonyl (C=O) groups excluding carboxylic acids is 3. The Morgan fingerprint density at radius 2 is 1.68 bits per heavy atom. The van der Waals surface area contributed by atoms with Gasteiger partial charge in [-0.15, -0.1) is 0 Å². The number of benzene rings is 4. The molecule has 3 aliphatic heterocycles. The molecule has 0 radical (unpaired) electrons. The zero-order valence-electron chi connectivity index (χ0n) is 39.8. The first kappa shape index (κ1) is 46.2. The molecular weight excluding hydrogens is 915 g/mol. The highest BCUT2D eigenvalue weighted by molar-refractivity contribution is 7.22. The standard InChI is InChI=1S/C55H57N9O6S/c1-61-46-32-37(16-19-42(46)50(60-61)43-21-23-49(65)58-53(43)67)63-29-27-62(28-30-63)25-6-7-34-14-17-38(18-15-34)70-39-10-4-9-36(31-39)40-20-22-48(57-51(40)54(68)69)64-26-24-35-8-5-11-41(44(35)33-64)52(66)59-55-56-45-12-2-3-13-47(45)71-55/h2-5,8-13,16,19-20,22,31-32,34,38,43H,6-7,14-15,17-18,21,23-30,33H2,1H3,(H,68,69)(H,56,59,66)(H,58,65,67)/t34-,38-,43?. The van der Waals surface area contributed by atoms with Gasteiger partial charge in [0, 0.05) is 74.9 Å². The summed E-state index contributed by atoms with van der Waals surface area (Å²) in [6.45, 7) is 6.09. The molecule has 7 aromatic rings. The fraction of sp³-hybridized carbons (Fsp3) is 0.364. The number of piperidine rings is 1. The van der Waals surface area contributed by atoms with E-state index in [0.29, 0.717) is 60.3 Å². The van der Waals surface area contributed by atoms with Crippen molar-refractivity contribution < 1.29 is 29.0 Å². The first-order valence-electron chi connectivity index (χ1n) is 24.9. The third-order valence-electron chi connectivity index (χ3n) is 14.9. The second kappa shape index (κ2) is 19.9. The van der Waals surface area contributed by atoms with E-state index < -0.39 is 11.9 Å². The molecule has 71 heavy (non-hydrogen) atoms. The van der Waals surface area contributed by atoms with E-state index in [9.17, 15) is 24.3 Å². The monoisotopic (exact) mass is 971 g/mol. The van der Waals surface area contributed by atoms with E-state index in [2.05, 4.69) is 43.6 Å². The average molecular weight is 972 g/mol. The van der Waals surface area contributed by atoms with Gasteiger partial charge in [0.25, 0.3) is 5.91 Å². The fourth-order valence-corrected chi connectivity index (χ4v) is 11.9. The van der Waals surface area contributed by atoms with E-state index in [1.807, 2.05) is 95.5 Å². The van der Waals surface area contributed by atoms with Crippen LogP contribution in [0.25, 0.3) is 32.2 Å². The van der Waals surface area contributed by atoms with Crippen molar-refractivity contribution in [3.8, 4) is 16.9 Å². The van der Waals surface area contributed by atoms with Gasteiger partial charge in [0.2, 0.25) is 11.8 Å². The van der Waals surface area contributed by atoms with Crippen LogP contribution < -0.4 is 25.2 Å². The number of aromatic nitrogens is 4. The number of carbonyl (C=O) groups is 4. The van der Waals surface area contributed by atoms with Gasteiger partial charge in [0.05, 0.1) is 33.4 Å². The Balaban J connectivity index is 0.653. The number of nitrogens with one attached hydrogen (secondary N) is 2. The SMILES string of the molecule is Cn1nc(C2CCC(=O)NC2=O)c2ccc(N3CCN(CCC[C@H]4CC[C@H](Oc5cccc(-c6ccc(N7CCc8cccc(C(=O)Nc9nc%10ccccc%10s9)c8C7)nc6C(=O)O)c5)CC4)CC3)cc21. The predicted molar refractivity (Wildman–Crippen MR) is 276 cm³/mol. The van der Waals surface area contributed by atoms with Crippen LogP contribution in [0.1, 0.15) is 95.0 Å². The van der Waals surface area contributed by atoms with Gasteiger partial charge in [-0.2, -0.15) is 5.10 Å². The molecule has 364 valence electrons. The summed E-state index contributed by atoms with van der Waals surface area (Å²) >= 11 is 1.44. The molecule has 1 saturated carbocycles. The topological polar surface area (TPSA) is 175 Å². The molecule has 0 spiro atoms. The number of anilines is 3. The maximum Gasteiger partial charge on any atom is 0.355 e. The van der Waals surface area contributed by atoms with Crippen molar-refractivity contribution in [1.82, 2.24) is 30.0 Å². The molecule has 16 heteroatoms. The molecule has 3 aromatic heterocycles. The van der Waals surface area contributed by atoms with Crippen molar-refractivity contribution in [3.63, 3.8) is 0 Å². The lowest BCUT2D eigenvalue weighted by molar-refractivity contribution is -0.134. The van der Waals surface area contributed by atoms with Crippen molar-refractivity contribution in [3.05, 3.63) is 125 Å². The molecule has 2 saturated heterocycles. The Morgan fingerprint density at radius 1 is 0.845 bits per heavy atom. The number of hydrogen-bond acceptors (Lipinski definition) is 12. The third-order valence-corrected chi connectivity index (χ3v) is 15.9. The molecule has 0 bridgehead atoms. The molecule has 11 rings (SSSR count). The van der Waals surface area contributed by atoms with Gasteiger partial charge >= 0.3 is 5.97 Å². The number of aromatic carboxylic acids is 1. The lowest BCUT2D eigenvalue weighted by atomic mass is 9.84. The van der Waals surface area contributed by atoms with Crippen LogP contribution in [0.3, 0.4) is 0 Å². The molecule has 4 aliphatic rings. The van der Waals surface area contributed by atoms with Crippen LogP contribution in [0.5, 0.6) is 5.75 Å². The Labute approximate surface area is 415 Å². The van der Waals surface area contributed by atoms with E-state index in [1.165, 1.54) is 29.9 Å². The summed E-state index contributed by atoms with van der Waals surface area (Å²) in [6.07, 6.45) is 8.25. The van der Waals surface area contributed by atoms with Crippen LogP contribution in [0, 0.1) is 5.92 Å². The van der Waals surface area contributed by atoms with Gasteiger partial charge in [-0.25, -0.2) is 14.8 Å². The molecule has 3 N–H and O–H groups in total. The maximum atomic E-state index is 13.6. The largest absolute Gasteiger partial charge is 0.490 e. The molecule has 1 atom stereocenters. The number of imide groups is 1. The predicted octanol–water partition coefficient (Wildman–Crippen LogP) is 8.82. The van der Waals surface area contributed by atoms with Crippen LogP contribution in [-0.2, 0) is 29.6 Å². The smallest absolute Gasteiger partial charge is 0.355 e. The summed E-state index contributed by atoms with van der Waals surface area (Å²) in [4.78, 5) is 67.1. The van der Waals surface area contributed by atoms with Crippen LogP contribution in [0.15, 0.2) is 97.1 Å².